The van der Waals surface area contributed by atoms with E-state index in [2.05, 4.69) is 26.6 Å². The summed E-state index contributed by atoms with van der Waals surface area (Å²) >= 11 is 1.67. The third-order valence-electron chi connectivity index (χ3n) is 4.65. The second kappa shape index (κ2) is 9.20. The molecular formula is C17H25Cl2N3OS. The van der Waals surface area contributed by atoms with Crippen molar-refractivity contribution in [2.24, 2.45) is 5.92 Å². The predicted octanol–water partition coefficient (Wildman–Crippen LogP) is 4.21. The minimum absolute atomic E-state index is 0. The molecule has 1 N–H and O–H groups in total. The molecule has 1 saturated heterocycles. The third kappa shape index (κ3) is 5.20. The van der Waals surface area contributed by atoms with Crippen LogP contribution in [0.2, 0.25) is 0 Å². The van der Waals surface area contributed by atoms with Crippen LogP contribution in [0.4, 0.5) is 0 Å². The van der Waals surface area contributed by atoms with E-state index in [4.69, 9.17) is 4.42 Å². The number of hydrogen-bond acceptors (Lipinski definition) is 5. The molecule has 0 bridgehead atoms. The van der Waals surface area contributed by atoms with Crippen molar-refractivity contribution in [1.82, 2.24) is 15.2 Å². The van der Waals surface area contributed by atoms with E-state index in [1.807, 2.05) is 12.3 Å². The monoisotopic (exact) mass is 389 g/mol. The quantitative estimate of drug-likeness (QED) is 0.802. The summed E-state index contributed by atoms with van der Waals surface area (Å²) in [6.45, 7) is 4.45. The molecule has 2 aliphatic rings. The molecule has 1 saturated carbocycles. The van der Waals surface area contributed by atoms with Gasteiger partial charge in [0.05, 0.1) is 10.6 Å². The zero-order chi connectivity index (χ0) is 14.8. The molecule has 0 spiro atoms. The third-order valence-corrected chi connectivity index (χ3v) is 5.51. The molecule has 0 aromatic carbocycles. The van der Waals surface area contributed by atoms with Crippen LogP contribution in [0.3, 0.4) is 0 Å². The normalized spacial score (nSPS) is 18.8. The number of hydrogen-bond donors (Lipinski definition) is 1. The Hall–Kier alpha value is -0.590. The zero-order valence-electron chi connectivity index (χ0n) is 13.6. The largest absolute Gasteiger partial charge is 0.444 e. The number of rotatable bonds is 6. The number of aromatic nitrogens is 1. The molecule has 2 fully saturated rings. The van der Waals surface area contributed by atoms with Gasteiger partial charge in [-0.2, -0.15) is 0 Å². The number of oxazole rings is 1. The molecule has 4 rings (SSSR count). The van der Waals surface area contributed by atoms with Gasteiger partial charge in [0.2, 0.25) is 5.89 Å². The second-order valence-electron chi connectivity index (χ2n) is 6.52. The molecule has 24 heavy (non-hydrogen) atoms. The molecule has 1 aliphatic heterocycles. The van der Waals surface area contributed by atoms with E-state index < -0.39 is 0 Å². The van der Waals surface area contributed by atoms with Gasteiger partial charge in [-0.25, -0.2) is 4.98 Å². The Morgan fingerprint density at radius 3 is 2.67 bits per heavy atom. The minimum Gasteiger partial charge on any atom is -0.444 e. The molecule has 0 amide bonds. The van der Waals surface area contributed by atoms with E-state index in [9.17, 15) is 0 Å². The first-order valence-electron chi connectivity index (χ1n) is 8.31. The number of nitrogens with zero attached hydrogens (tertiary/aromatic N) is 2. The first kappa shape index (κ1) is 19.7. The van der Waals surface area contributed by atoms with Gasteiger partial charge in [0, 0.05) is 25.7 Å². The summed E-state index contributed by atoms with van der Waals surface area (Å²) in [6.07, 6.45) is 7.19. The molecule has 2 aromatic rings. The number of thiophene rings is 1. The van der Waals surface area contributed by atoms with Gasteiger partial charge in [-0.3, -0.25) is 4.90 Å². The van der Waals surface area contributed by atoms with Crippen molar-refractivity contribution in [3.05, 3.63) is 29.5 Å². The number of likely N-dealkylation sites (tertiary alicyclic amines) is 1. The topological polar surface area (TPSA) is 41.3 Å². The maximum Gasteiger partial charge on any atom is 0.236 e. The summed E-state index contributed by atoms with van der Waals surface area (Å²) in [5, 5.41) is 5.79. The zero-order valence-corrected chi connectivity index (χ0v) is 16.1. The highest BCUT2D eigenvalue weighted by atomic mass is 35.5. The summed E-state index contributed by atoms with van der Waals surface area (Å²) in [4.78, 5) is 8.22. The fourth-order valence-electron chi connectivity index (χ4n) is 3.07. The predicted molar refractivity (Wildman–Crippen MR) is 103 cm³/mol. The average Bonchev–Trinajstić information content (AvgIpc) is 3.01. The Bertz CT molecular complexity index is 593. The van der Waals surface area contributed by atoms with Crippen LogP contribution in [0.15, 0.2) is 28.2 Å². The van der Waals surface area contributed by atoms with Gasteiger partial charge < -0.3 is 9.73 Å². The maximum atomic E-state index is 5.60. The number of nitrogens with one attached hydrogen (secondary N) is 1. The van der Waals surface area contributed by atoms with Gasteiger partial charge in [0.25, 0.3) is 0 Å². The van der Waals surface area contributed by atoms with Gasteiger partial charge >= 0.3 is 0 Å². The molecule has 2 aromatic heterocycles. The van der Waals surface area contributed by atoms with Crippen molar-refractivity contribution in [3.8, 4) is 10.8 Å². The highest BCUT2D eigenvalue weighted by Gasteiger charge is 2.24. The van der Waals surface area contributed by atoms with Crippen LogP contribution in [0.1, 0.15) is 31.4 Å². The Morgan fingerprint density at radius 2 is 2.00 bits per heavy atom. The van der Waals surface area contributed by atoms with Gasteiger partial charge in [0.1, 0.15) is 6.26 Å². The summed E-state index contributed by atoms with van der Waals surface area (Å²) in [6, 6.07) is 4.80. The molecule has 0 atom stereocenters. The van der Waals surface area contributed by atoms with Gasteiger partial charge in [-0.1, -0.05) is 6.07 Å². The summed E-state index contributed by atoms with van der Waals surface area (Å²) in [7, 11) is 0. The summed E-state index contributed by atoms with van der Waals surface area (Å²) in [5.41, 5.74) is 1.05. The van der Waals surface area contributed by atoms with E-state index in [1.54, 1.807) is 11.3 Å². The Balaban J connectivity index is 0.00000104. The molecular weight excluding hydrogens is 365 g/mol. The highest BCUT2D eigenvalue weighted by Crippen LogP contribution is 2.28. The smallest absolute Gasteiger partial charge is 0.236 e. The molecule has 7 heteroatoms. The van der Waals surface area contributed by atoms with Crippen LogP contribution < -0.4 is 5.32 Å². The lowest BCUT2D eigenvalue weighted by atomic mass is 10.0. The van der Waals surface area contributed by atoms with Crippen LogP contribution in [0.25, 0.3) is 10.8 Å². The van der Waals surface area contributed by atoms with Crippen LogP contribution in [-0.4, -0.2) is 35.6 Å². The standard InChI is InChI=1S/C17H23N3OS.2ClH/c1-2-16(22-9-1)17-19-15(12-21-17)11-20-7-5-14(6-8-20)18-10-13-3-4-13;;/h1-2,9,12-14,18H,3-8,10-11H2;2*1H. The van der Waals surface area contributed by atoms with E-state index >= 15 is 0 Å². The van der Waals surface area contributed by atoms with Crippen molar-refractivity contribution in [3.63, 3.8) is 0 Å². The molecule has 134 valence electrons. The van der Waals surface area contributed by atoms with Crippen LogP contribution in [-0.2, 0) is 6.54 Å². The van der Waals surface area contributed by atoms with Crippen LogP contribution in [0.5, 0.6) is 0 Å². The second-order valence-corrected chi connectivity index (χ2v) is 7.47. The van der Waals surface area contributed by atoms with Crippen molar-refractivity contribution in [2.45, 2.75) is 38.3 Å². The molecule has 0 unspecified atom stereocenters. The van der Waals surface area contributed by atoms with Crippen molar-refractivity contribution in [2.75, 3.05) is 19.6 Å². The first-order chi connectivity index (χ1) is 10.9. The lowest BCUT2D eigenvalue weighted by molar-refractivity contribution is 0.188. The maximum absolute atomic E-state index is 5.60. The summed E-state index contributed by atoms with van der Waals surface area (Å²) in [5.74, 6) is 1.73. The highest BCUT2D eigenvalue weighted by molar-refractivity contribution is 7.13. The van der Waals surface area contributed by atoms with Crippen molar-refractivity contribution in [1.29, 1.82) is 0 Å². The lowest BCUT2D eigenvalue weighted by Gasteiger charge is -2.31. The van der Waals surface area contributed by atoms with Crippen molar-refractivity contribution < 1.29 is 4.42 Å². The SMILES string of the molecule is Cl.Cl.c1csc(-c2nc(CN3CCC(NCC4CC4)CC3)co2)c1. The van der Waals surface area contributed by atoms with E-state index in [-0.39, 0.29) is 24.8 Å². The summed E-state index contributed by atoms with van der Waals surface area (Å²) < 4.78 is 5.60. The van der Waals surface area contributed by atoms with Crippen LogP contribution in [0, 0.1) is 5.92 Å². The molecule has 1 aliphatic carbocycles. The lowest BCUT2D eigenvalue weighted by Crippen LogP contribution is -2.42. The fraction of sp³-hybridized carbons (Fsp3) is 0.588. The Morgan fingerprint density at radius 1 is 1.21 bits per heavy atom. The molecule has 4 nitrogen and oxygen atoms in total. The van der Waals surface area contributed by atoms with Gasteiger partial charge in [-0.15, -0.1) is 36.2 Å². The number of piperidine rings is 1. The van der Waals surface area contributed by atoms with Crippen LogP contribution >= 0.6 is 36.2 Å². The minimum atomic E-state index is 0. The Kier molecular flexibility index (Phi) is 7.57. The van der Waals surface area contributed by atoms with E-state index in [0.717, 1.165) is 48.1 Å². The average molecular weight is 390 g/mol. The van der Waals surface area contributed by atoms with E-state index in [0.29, 0.717) is 0 Å². The van der Waals surface area contributed by atoms with Gasteiger partial charge in [0.15, 0.2) is 0 Å². The van der Waals surface area contributed by atoms with Gasteiger partial charge in [-0.05, 0) is 49.6 Å². The van der Waals surface area contributed by atoms with E-state index in [1.165, 1.54) is 32.2 Å². The van der Waals surface area contributed by atoms with Crippen molar-refractivity contribution >= 4 is 36.2 Å². The molecule has 3 heterocycles. The molecule has 0 radical (unpaired) electrons. The number of halogens is 2. The first-order valence-corrected chi connectivity index (χ1v) is 9.19. The fourth-order valence-corrected chi connectivity index (χ4v) is 3.73. The Labute approximate surface area is 159 Å².